The van der Waals surface area contributed by atoms with E-state index < -0.39 is 0 Å². The van der Waals surface area contributed by atoms with Crippen molar-refractivity contribution >= 4 is 23.2 Å². The first-order valence-corrected chi connectivity index (χ1v) is 6.88. The van der Waals surface area contributed by atoms with E-state index in [9.17, 15) is 9.90 Å². The average Bonchev–Trinajstić information content (AvgIpc) is 3.20. The molecule has 1 heterocycles. The lowest BCUT2D eigenvalue weighted by molar-refractivity contribution is 0.0984. The quantitative estimate of drug-likeness (QED) is 0.941. The van der Waals surface area contributed by atoms with Gasteiger partial charge in [0.15, 0.2) is 0 Å². The predicted molar refractivity (Wildman–Crippen MR) is 78.6 cm³/mol. The number of phenolic OH excluding ortho intramolecular Hbond substituents is 1. The van der Waals surface area contributed by atoms with Gasteiger partial charge in [-0.05, 0) is 31.0 Å². The van der Waals surface area contributed by atoms with Crippen LogP contribution in [0.15, 0.2) is 36.5 Å². The fraction of sp³-hybridized carbons (Fsp3) is 0.267. The maximum absolute atomic E-state index is 12.6. The second kappa shape index (κ2) is 4.87. The summed E-state index contributed by atoms with van der Waals surface area (Å²) in [7, 11) is 1.69. The monoisotopic (exact) mass is 290 g/mol. The van der Waals surface area contributed by atoms with Gasteiger partial charge in [-0.1, -0.05) is 17.7 Å². The van der Waals surface area contributed by atoms with E-state index in [1.807, 2.05) is 10.8 Å². The van der Waals surface area contributed by atoms with Gasteiger partial charge in [-0.25, -0.2) is 0 Å². The van der Waals surface area contributed by atoms with Gasteiger partial charge in [0.1, 0.15) is 11.4 Å². The summed E-state index contributed by atoms with van der Waals surface area (Å²) in [5, 5.41) is 10.1. The third kappa shape index (κ3) is 2.39. The number of aromatic nitrogens is 1. The molecule has 1 aliphatic rings. The number of anilines is 1. The molecule has 4 nitrogen and oxygen atoms in total. The van der Waals surface area contributed by atoms with Crippen LogP contribution in [0.5, 0.6) is 5.75 Å². The third-order valence-corrected chi connectivity index (χ3v) is 3.70. The molecule has 104 valence electrons. The van der Waals surface area contributed by atoms with Crippen LogP contribution in [0.25, 0.3) is 0 Å². The second-order valence-electron chi connectivity index (χ2n) is 5.07. The highest BCUT2D eigenvalue weighted by Crippen LogP contribution is 2.38. The number of benzene rings is 1. The smallest absolute Gasteiger partial charge is 0.274 e. The van der Waals surface area contributed by atoms with Crippen molar-refractivity contribution in [2.45, 2.75) is 18.9 Å². The molecule has 2 aromatic rings. The van der Waals surface area contributed by atoms with E-state index in [2.05, 4.69) is 0 Å². The minimum absolute atomic E-state index is 0.130. The van der Waals surface area contributed by atoms with E-state index >= 15 is 0 Å². The van der Waals surface area contributed by atoms with Crippen molar-refractivity contribution in [2.75, 3.05) is 11.9 Å². The molecule has 1 fully saturated rings. The Bertz CT molecular complexity index is 662. The third-order valence-electron chi connectivity index (χ3n) is 3.50. The Morgan fingerprint density at radius 3 is 2.80 bits per heavy atom. The Morgan fingerprint density at radius 2 is 2.15 bits per heavy atom. The number of rotatable bonds is 3. The molecule has 5 heteroatoms. The van der Waals surface area contributed by atoms with Gasteiger partial charge in [-0.3, -0.25) is 4.79 Å². The van der Waals surface area contributed by atoms with Crippen LogP contribution in [0.1, 0.15) is 29.4 Å². The molecule has 3 rings (SSSR count). The average molecular weight is 291 g/mol. The van der Waals surface area contributed by atoms with Crippen molar-refractivity contribution in [3.05, 3.63) is 47.2 Å². The number of aromatic hydroxyl groups is 1. The molecule has 1 N–H and O–H groups in total. The normalized spacial score (nSPS) is 14.3. The molecular formula is C15H15ClN2O2. The standard InChI is InChI=1S/C15H15ClN2O2/c1-17(12-3-2-4-13(19)8-12)15(20)14-7-10(16)9-18(14)11-5-6-11/h2-4,7-9,11,19H,5-6H2,1H3. The minimum Gasteiger partial charge on any atom is -0.508 e. The van der Waals surface area contributed by atoms with E-state index in [4.69, 9.17) is 11.6 Å². The first kappa shape index (κ1) is 13.1. The molecule has 0 atom stereocenters. The summed E-state index contributed by atoms with van der Waals surface area (Å²) in [6, 6.07) is 8.71. The molecule has 0 unspecified atom stereocenters. The highest BCUT2D eigenvalue weighted by atomic mass is 35.5. The van der Waals surface area contributed by atoms with Crippen LogP contribution < -0.4 is 4.90 Å². The van der Waals surface area contributed by atoms with Gasteiger partial charge in [0.05, 0.1) is 5.02 Å². The number of hydrogen-bond donors (Lipinski definition) is 1. The van der Waals surface area contributed by atoms with Crippen LogP contribution in [0, 0.1) is 0 Å². The zero-order chi connectivity index (χ0) is 14.3. The van der Waals surface area contributed by atoms with Crippen molar-refractivity contribution < 1.29 is 9.90 Å². The van der Waals surface area contributed by atoms with Crippen molar-refractivity contribution in [3.8, 4) is 5.75 Å². The highest BCUT2D eigenvalue weighted by Gasteiger charge is 2.29. The fourth-order valence-electron chi connectivity index (χ4n) is 2.26. The van der Waals surface area contributed by atoms with E-state index in [1.54, 1.807) is 37.4 Å². The molecule has 0 radical (unpaired) electrons. The van der Waals surface area contributed by atoms with Crippen LogP contribution in [-0.4, -0.2) is 22.6 Å². The lowest BCUT2D eigenvalue weighted by Gasteiger charge is -2.18. The summed E-state index contributed by atoms with van der Waals surface area (Å²) in [5.41, 5.74) is 1.23. The number of amides is 1. The van der Waals surface area contributed by atoms with E-state index in [1.165, 1.54) is 4.90 Å². The first-order chi connectivity index (χ1) is 9.56. The maximum Gasteiger partial charge on any atom is 0.274 e. The van der Waals surface area contributed by atoms with E-state index in [0.717, 1.165) is 12.8 Å². The second-order valence-corrected chi connectivity index (χ2v) is 5.50. The fourth-order valence-corrected chi connectivity index (χ4v) is 2.47. The largest absolute Gasteiger partial charge is 0.508 e. The van der Waals surface area contributed by atoms with Crippen molar-refractivity contribution in [1.29, 1.82) is 0 Å². The number of carbonyl (C=O) groups is 1. The molecule has 0 bridgehead atoms. The lowest BCUT2D eigenvalue weighted by atomic mass is 10.2. The SMILES string of the molecule is CN(C(=O)c1cc(Cl)cn1C1CC1)c1cccc(O)c1. The number of phenols is 1. The van der Waals surface area contributed by atoms with Gasteiger partial charge in [-0.15, -0.1) is 0 Å². The Kier molecular flexibility index (Phi) is 3.18. The Balaban J connectivity index is 1.92. The van der Waals surface area contributed by atoms with Crippen molar-refractivity contribution in [1.82, 2.24) is 4.57 Å². The van der Waals surface area contributed by atoms with Crippen LogP contribution in [0.4, 0.5) is 5.69 Å². The Labute approximate surface area is 122 Å². The van der Waals surface area contributed by atoms with Crippen molar-refractivity contribution in [3.63, 3.8) is 0 Å². The molecule has 0 saturated heterocycles. The van der Waals surface area contributed by atoms with E-state index in [-0.39, 0.29) is 11.7 Å². The van der Waals surface area contributed by atoms with Crippen LogP contribution in [0.2, 0.25) is 5.02 Å². The number of halogens is 1. The Hall–Kier alpha value is -1.94. The molecule has 1 aliphatic carbocycles. The maximum atomic E-state index is 12.6. The highest BCUT2D eigenvalue weighted by molar-refractivity contribution is 6.31. The summed E-state index contributed by atoms with van der Waals surface area (Å²) in [5.74, 6) is 0.00663. The van der Waals surface area contributed by atoms with Gasteiger partial charge in [0.2, 0.25) is 0 Å². The minimum atomic E-state index is -0.130. The number of carbonyl (C=O) groups excluding carboxylic acids is 1. The summed E-state index contributed by atoms with van der Waals surface area (Å²) < 4.78 is 1.95. The van der Waals surface area contributed by atoms with Gasteiger partial charge in [0, 0.05) is 31.0 Å². The molecule has 1 aromatic carbocycles. The molecular weight excluding hydrogens is 276 g/mol. The summed E-state index contributed by atoms with van der Waals surface area (Å²) in [6.45, 7) is 0. The topological polar surface area (TPSA) is 45.5 Å². The number of hydrogen-bond acceptors (Lipinski definition) is 2. The summed E-state index contributed by atoms with van der Waals surface area (Å²) in [4.78, 5) is 14.1. The Morgan fingerprint density at radius 1 is 1.40 bits per heavy atom. The molecule has 20 heavy (non-hydrogen) atoms. The summed E-state index contributed by atoms with van der Waals surface area (Å²) >= 11 is 6.03. The lowest BCUT2D eigenvalue weighted by Crippen LogP contribution is -2.28. The van der Waals surface area contributed by atoms with Gasteiger partial charge >= 0.3 is 0 Å². The first-order valence-electron chi connectivity index (χ1n) is 6.51. The van der Waals surface area contributed by atoms with Gasteiger partial charge in [0.25, 0.3) is 5.91 Å². The zero-order valence-corrected chi connectivity index (χ0v) is 11.8. The molecule has 0 spiro atoms. The van der Waals surface area contributed by atoms with Crippen LogP contribution >= 0.6 is 11.6 Å². The molecule has 1 saturated carbocycles. The molecule has 0 aliphatic heterocycles. The van der Waals surface area contributed by atoms with Gasteiger partial charge < -0.3 is 14.6 Å². The van der Waals surface area contributed by atoms with Crippen LogP contribution in [-0.2, 0) is 0 Å². The van der Waals surface area contributed by atoms with Crippen LogP contribution in [0.3, 0.4) is 0 Å². The zero-order valence-electron chi connectivity index (χ0n) is 11.1. The summed E-state index contributed by atoms with van der Waals surface area (Å²) in [6.07, 6.45) is 3.98. The molecule has 1 aromatic heterocycles. The van der Waals surface area contributed by atoms with Crippen molar-refractivity contribution in [2.24, 2.45) is 0 Å². The van der Waals surface area contributed by atoms with E-state index in [0.29, 0.717) is 22.4 Å². The predicted octanol–water partition coefficient (Wildman–Crippen LogP) is 3.46. The number of nitrogens with zero attached hydrogens (tertiary/aromatic N) is 2. The molecule has 1 amide bonds. The van der Waals surface area contributed by atoms with Gasteiger partial charge in [-0.2, -0.15) is 0 Å².